The van der Waals surface area contributed by atoms with Crippen LogP contribution in [0.5, 0.6) is 0 Å². The normalized spacial score (nSPS) is 56.0. The van der Waals surface area contributed by atoms with E-state index in [2.05, 4.69) is 0 Å². The molecule has 2 aliphatic heterocycles. The van der Waals surface area contributed by atoms with Crippen LogP contribution < -0.4 is 0 Å². The van der Waals surface area contributed by atoms with E-state index in [1.165, 1.54) is 6.08 Å². The molecular formula is C29H42O11. The second-order valence-electron chi connectivity index (χ2n) is 13.5. The summed E-state index contributed by atoms with van der Waals surface area (Å²) in [7, 11) is 0. The van der Waals surface area contributed by atoms with Gasteiger partial charge in [0.2, 0.25) is 0 Å². The molecule has 0 spiro atoms. The molecule has 0 aromatic carbocycles. The minimum atomic E-state index is -1.47. The van der Waals surface area contributed by atoms with Crippen LogP contribution in [-0.4, -0.2) is 104 Å². The van der Waals surface area contributed by atoms with Crippen molar-refractivity contribution in [1.29, 1.82) is 0 Å². The van der Waals surface area contributed by atoms with Crippen molar-refractivity contribution in [2.75, 3.05) is 6.61 Å². The fraction of sp³-hybridized carbons (Fsp3) is 0.862. The molecule has 6 rings (SSSR count). The Kier molecular flexibility index (Phi) is 6.83. The molecule has 2 heterocycles. The minimum absolute atomic E-state index is 0.0926. The van der Waals surface area contributed by atoms with Crippen LogP contribution in [0.15, 0.2) is 11.6 Å². The molecule has 0 bridgehead atoms. The summed E-state index contributed by atoms with van der Waals surface area (Å²) < 4.78 is 16.8. The molecule has 224 valence electrons. The van der Waals surface area contributed by atoms with Crippen LogP contribution in [0.4, 0.5) is 0 Å². The van der Waals surface area contributed by atoms with Gasteiger partial charge in [0.15, 0.2) is 6.29 Å². The maximum Gasteiger partial charge on any atom is 0.331 e. The van der Waals surface area contributed by atoms with Crippen molar-refractivity contribution in [3.05, 3.63) is 11.6 Å². The van der Waals surface area contributed by atoms with Crippen molar-refractivity contribution in [1.82, 2.24) is 0 Å². The first-order valence-electron chi connectivity index (χ1n) is 14.6. The molecular weight excluding hydrogens is 524 g/mol. The number of aliphatic hydroxyl groups excluding tert-OH is 4. The molecule has 4 aliphatic carbocycles. The smallest absolute Gasteiger partial charge is 0.331 e. The highest BCUT2D eigenvalue weighted by Gasteiger charge is 2.74. The number of fused-ring (bicyclic) bond motifs is 5. The monoisotopic (exact) mass is 566 g/mol. The second kappa shape index (κ2) is 9.54. The fourth-order valence-corrected chi connectivity index (χ4v) is 9.74. The molecule has 40 heavy (non-hydrogen) atoms. The van der Waals surface area contributed by atoms with Crippen molar-refractivity contribution < 1.29 is 54.4 Å². The Morgan fingerprint density at radius 2 is 1.75 bits per heavy atom. The molecule has 11 heteroatoms. The third-order valence-corrected chi connectivity index (χ3v) is 12.1. The Balaban J connectivity index is 1.25. The SMILES string of the molecule is C[C@H]1O[C@H](O[C@H]2CC[C@]3(C=O)[C@@H]4C[C@@H](O)[C@]5(C)[C@H](C6=CC(=O)OC6)CC[C@]5(O)[C@H]4CC[C@@]3(O)C2)[C@H](O)[C@@H](O)[C@H]1O. The van der Waals surface area contributed by atoms with Crippen molar-refractivity contribution in [3.63, 3.8) is 0 Å². The zero-order valence-corrected chi connectivity index (χ0v) is 23.0. The van der Waals surface area contributed by atoms with Crippen LogP contribution in [0.3, 0.4) is 0 Å². The fourth-order valence-electron chi connectivity index (χ4n) is 9.74. The van der Waals surface area contributed by atoms with Gasteiger partial charge in [-0.3, -0.25) is 0 Å². The zero-order chi connectivity index (χ0) is 28.8. The van der Waals surface area contributed by atoms with Crippen LogP contribution in [0.1, 0.15) is 65.2 Å². The lowest BCUT2D eigenvalue weighted by Crippen LogP contribution is -2.71. The number of carbonyl (C=O) groups is 2. The molecule has 0 aromatic rings. The Morgan fingerprint density at radius 1 is 1.00 bits per heavy atom. The van der Waals surface area contributed by atoms with Crippen molar-refractivity contribution in [3.8, 4) is 0 Å². The van der Waals surface area contributed by atoms with Gasteiger partial charge in [-0.25, -0.2) is 4.79 Å². The first-order chi connectivity index (χ1) is 18.8. The van der Waals surface area contributed by atoms with Gasteiger partial charge in [-0.05, 0) is 75.2 Å². The molecule has 14 atom stereocenters. The Morgan fingerprint density at radius 3 is 2.42 bits per heavy atom. The Hall–Kier alpha value is -1.44. The van der Waals surface area contributed by atoms with Gasteiger partial charge in [-0.1, -0.05) is 6.92 Å². The molecule has 0 aromatic heterocycles. The summed E-state index contributed by atoms with van der Waals surface area (Å²) in [6, 6.07) is 0. The summed E-state index contributed by atoms with van der Waals surface area (Å²) in [6.07, 6.45) is -2.70. The number of ether oxygens (including phenoxy) is 3. The van der Waals surface area contributed by atoms with Crippen LogP contribution in [0, 0.1) is 28.6 Å². The maximum atomic E-state index is 13.0. The number of hydrogen-bond acceptors (Lipinski definition) is 11. The summed E-state index contributed by atoms with van der Waals surface area (Å²) in [5, 5.41) is 66.7. The third-order valence-electron chi connectivity index (χ3n) is 12.1. The largest absolute Gasteiger partial charge is 0.458 e. The molecule has 1 saturated heterocycles. The number of esters is 1. The standard InChI is InChI=1S/C29H42O11/c1-14-22(33)23(34)24(35)25(39-14)40-16-3-6-27(13-30)19-10-20(31)26(2)17(15-9-21(32)38-12-15)5-8-29(26,37)18(19)4-7-28(27,36)11-16/h9,13-14,16-20,22-25,31,33-37H,3-8,10-12H2,1-2H3/t14-,16+,17+,18+,19-,20-,22+,23+,24-,25-,26+,27+,28-,29+/m1/s1. The highest BCUT2D eigenvalue weighted by atomic mass is 16.7. The first-order valence-corrected chi connectivity index (χ1v) is 14.6. The quantitative estimate of drug-likeness (QED) is 0.149. The van der Waals surface area contributed by atoms with Crippen molar-refractivity contribution >= 4 is 12.3 Å². The van der Waals surface area contributed by atoms with Gasteiger partial charge < -0.3 is 49.6 Å². The van der Waals surface area contributed by atoms with Crippen molar-refractivity contribution in [2.45, 2.75) is 119 Å². The molecule has 5 fully saturated rings. The average molecular weight is 567 g/mol. The van der Waals surface area contributed by atoms with Crippen molar-refractivity contribution in [2.24, 2.45) is 28.6 Å². The van der Waals surface area contributed by atoms with Gasteiger partial charge in [0.25, 0.3) is 0 Å². The number of rotatable bonds is 4. The number of cyclic esters (lactones) is 1. The van der Waals surface area contributed by atoms with E-state index < -0.39 is 76.8 Å². The molecule has 6 N–H and O–H groups in total. The van der Waals surface area contributed by atoms with Gasteiger partial charge in [-0.2, -0.15) is 0 Å². The van der Waals surface area contributed by atoms with E-state index in [0.29, 0.717) is 25.7 Å². The summed E-state index contributed by atoms with van der Waals surface area (Å²) in [5.74, 6) is -1.42. The van der Waals surface area contributed by atoms with Gasteiger partial charge in [-0.15, -0.1) is 0 Å². The highest BCUT2D eigenvalue weighted by Crippen LogP contribution is 2.70. The lowest BCUT2D eigenvalue weighted by molar-refractivity contribution is -0.319. The van der Waals surface area contributed by atoms with E-state index in [-0.39, 0.29) is 44.1 Å². The van der Waals surface area contributed by atoms with Crippen LogP contribution in [-0.2, 0) is 23.8 Å². The van der Waals surface area contributed by atoms with Gasteiger partial charge in [0.1, 0.15) is 31.2 Å². The number of aldehydes is 1. The van der Waals surface area contributed by atoms with E-state index in [1.54, 1.807) is 6.92 Å². The lowest BCUT2D eigenvalue weighted by Gasteiger charge is -2.66. The molecule has 0 amide bonds. The number of hydrogen-bond donors (Lipinski definition) is 6. The molecule has 4 saturated carbocycles. The molecule has 0 radical (unpaired) electrons. The van der Waals surface area contributed by atoms with Gasteiger partial charge in [0, 0.05) is 17.9 Å². The Labute approximate surface area is 233 Å². The van der Waals surface area contributed by atoms with E-state index >= 15 is 0 Å². The first kappa shape index (κ1) is 28.7. The van der Waals surface area contributed by atoms with E-state index in [0.717, 1.165) is 11.9 Å². The minimum Gasteiger partial charge on any atom is -0.458 e. The maximum absolute atomic E-state index is 13.0. The Bertz CT molecular complexity index is 1080. The van der Waals surface area contributed by atoms with Gasteiger partial charge in [0.05, 0.1) is 34.9 Å². The zero-order valence-electron chi connectivity index (χ0n) is 23.0. The van der Waals surface area contributed by atoms with Gasteiger partial charge >= 0.3 is 5.97 Å². The molecule has 0 unspecified atom stereocenters. The number of aliphatic hydroxyl groups is 6. The summed E-state index contributed by atoms with van der Waals surface area (Å²) >= 11 is 0. The van der Waals surface area contributed by atoms with E-state index in [1.807, 2.05) is 6.92 Å². The van der Waals surface area contributed by atoms with E-state index in [4.69, 9.17) is 14.2 Å². The summed E-state index contributed by atoms with van der Waals surface area (Å²) in [4.78, 5) is 24.8. The lowest BCUT2D eigenvalue weighted by atomic mass is 9.41. The predicted octanol–water partition coefficient (Wildman–Crippen LogP) is -0.279. The predicted molar refractivity (Wildman–Crippen MR) is 136 cm³/mol. The summed E-state index contributed by atoms with van der Waals surface area (Å²) in [5.41, 5.74) is -4.09. The second-order valence-corrected chi connectivity index (χ2v) is 13.5. The van der Waals surface area contributed by atoms with E-state index in [9.17, 15) is 40.2 Å². The number of carbonyl (C=O) groups excluding carboxylic acids is 2. The molecule has 11 nitrogen and oxygen atoms in total. The molecule has 6 aliphatic rings. The van der Waals surface area contributed by atoms with Crippen LogP contribution in [0.2, 0.25) is 0 Å². The average Bonchev–Trinajstić information content (AvgIpc) is 3.46. The van der Waals surface area contributed by atoms with Crippen LogP contribution in [0.25, 0.3) is 0 Å². The van der Waals surface area contributed by atoms with Crippen LogP contribution >= 0.6 is 0 Å². The highest BCUT2D eigenvalue weighted by molar-refractivity contribution is 5.85. The summed E-state index contributed by atoms with van der Waals surface area (Å²) in [6.45, 7) is 3.61. The third kappa shape index (κ3) is 3.71. The topological polar surface area (TPSA) is 183 Å².